The maximum absolute atomic E-state index is 13.8. The first-order valence-corrected chi connectivity index (χ1v) is 12.3. The summed E-state index contributed by atoms with van der Waals surface area (Å²) in [5.74, 6) is 0.421. The topological polar surface area (TPSA) is 79.1 Å². The van der Waals surface area contributed by atoms with Crippen molar-refractivity contribution in [2.75, 3.05) is 20.3 Å². The van der Waals surface area contributed by atoms with Crippen LogP contribution in [0.15, 0.2) is 63.5 Å². The lowest BCUT2D eigenvalue weighted by Gasteiger charge is -2.26. The fourth-order valence-corrected chi connectivity index (χ4v) is 5.25. The second-order valence-electron chi connectivity index (χ2n) is 7.64. The molecule has 0 aliphatic carbocycles. The van der Waals surface area contributed by atoms with Gasteiger partial charge in [0.25, 0.3) is 5.56 Å². The van der Waals surface area contributed by atoms with Crippen molar-refractivity contribution in [1.82, 2.24) is 4.57 Å². The number of carbonyl (C=O) groups excluding carboxylic acids is 1. The average molecular weight is 513 g/mol. The molecule has 0 bridgehead atoms. The number of hydrogen-bond donors (Lipinski definition) is 0. The Morgan fingerprint density at radius 2 is 1.94 bits per heavy atom. The lowest BCUT2D eigenvalue weighted by Crippen LogP contribution is -2.40. The molecule has 4 rings (SSSR count). The van der Waals surface area contributed by atoms with Gasteiger partial charge < -0.3 is 14.2 Å². The number of benzene rings is 2. The molecule has 1 aliphatic heterocycles. The van der Waals surface area contributed by atoms with Crippen LogP contribution in [0.4, 0.5) is 0 Å². The zero-order chi connectivity index (χ0) is 25.1. The summed E-state index contributed by atoms with van der Waals surface area (Å²) in [6.45, 7) is 5.90. The molecule has 1 aromatic heterocycles. The highest BCUT2D eigenvalue weighted by molar-refractivity contribution is 7.07. The van der Waals surface area contributed by atoms with E-state index >= 15 is 0 Å². The smallest absolute Gasteiger partial charge is 0.338 e. The molecule has 0 saturated carbocycles. The molecule has 182 valence electrons. The number of halogens is 1. The fraction of sp³-hybridized carbons (Fsp3) is 0.269. The Morgan fingerprint density at radius 3 is 2.63 bits per heavy atom. The van der Waals surface area contributed by atoms with Crippen LogP contribution in [0, 0.1) is 0 Å². The van der Waals surface area contributed by atoms with E-state index < -0.39 is 12.0 Å². The van der Waals surface area contributed by atoms with E-state index in [-0.39, 0.29) is 17.7 Å². The van der Waals surface area contributed by atoms with Gasteiger partial charge in [0.15, 0.2) is 16.3 Å². The third-order valence-electron chi connectivity index (χ3n) is 5.52. The number of allylic oxidation sites excluding steroid dienone is 1. The van der Waals surface area contributed by atoms with E-state index in [2.05, 4.69) is 4.99 Å². The van der Waals surface area contributed by atoms with Gasteiger partial charge in [-0.3, -0.25) is 9.36 Å². The Hall–Kier alpha value is -3.36. The number of thiazole rings is 1. The van der Waals surface area contributed by atoms with Crippen molar-refractivity contribution in [2.24, 2.45) is 4.99 Å². The lowest BCUT2D eigenvalue weighted by atomic mass is 9.94. The first kappa shape index (κ1) is 24.8. The number of fused-ring (bicyclic) bond motifs is 1. The summed E-state index contributed by atoms with van der Waals surface area (Å²) in [4.78, 5) is 32.0. The van der Waals surface area contributed by atoms with Crippen molar-refractivity contribution in [3.63, 3.8) is 0 Å². The molecule has 0 spiro atoms. The summed E-state index contributed by atoms with van der Waals surface area (Å²) in [6.07, 6.45) is 1.74. The summed E-state index contributed by atoms with van der Waals surface area (Å²) >= 11 is 7.57. The summed E-state index contributed by atoms with van der Waals surface area (Å²) in [6, 6.07) is 11.9. The predicted molar refractivity (Wildman–Crippen MR) is 136 cm³/mol. The van der Waals surface area contributed by atoms with E-state index in [9.17, 15) is 9.59 Å². The second kappa shape index (κ2) is 10.5. The standard InChI is InChI=1S/C26H25ClN2O5S/c1-5-33-23-17(11-9-13-19(23)32-4)22-21(25(31)34-6-2)15(3)28-26-29(22)24(30)20(35-26)14-16-10-7-8-12-18(16)27/h7-14,22H,5-6H2,1-4H3/b20-14+/t22-/m1/s1. The number of rotatable bonds is 7. The Bertz CT molecular complexity index is 1490. The highest BCUT2D eigenvalue weighted by Crippen LogP contribution is 2.40. The summed E-state index contributed by atoms with van der Waals surface area (Å²) in [5, 5.41) is 0.532. The van der Waals surface area contributed by atoms with Crippen molar-refractivity contribution in [1.29, 1.82) is 0 Å². The van der Waals surface area contributed by atoms with Crippen LogP contribution in [0.25, 0.3) is 6.08 Å². The molecule has 3 aromatic rings. The average Bonchev–Trinajstić information content (AvgIpc) is 3.14. The SMILES string of the molecule is CCOC(=O)C1=C(C)N=c2s/c(=C/c3ccccc3Cl)c(=O)n2[C@@H]1c1cccc(OC)c1OCC. The zero-order valence-electron chi connectivity index (χ0n) is 19.8. The molecule has 0 radical (unpaired) electrons. The summed E-state index contributed by atoms with van der Waals surface area (Å²) < 4.78 is 18.8. The molecule has 0 fully saturated rings. The molecule has 0 unspecified atom stereocenters. The maximum Gasteiger partial charge on any atom is 0.338 e. The summed E-state index contributed by atoms with van der Waals surface area (Å²) in [7, 11) is 1.55. The van der Waals surface area contributed by atoms with Crippen LogP contribution in [-0.2, 0) is 9.53 Å². The normalized spacial score (nSPS) is 15.5. The van der Waals surface area contributed by atoms with Crippen LogP contribution in [0.5, 0.6) is 11.5 Å². The van der Waals surface area contributed by atoms with Gasteiger partial charge in [-0.05, 0) is 44.5 Å². The molecular weight excluding hydrogens is 488 g/mol. The Kier molecular flexibility index (Phi) is 7.42. The Morgan fingerprint density at radius 1 is 1.17 bits per heavy atom. The molecule has 0 saturated heterocycles. The van der Waals surface area contributed by atoms with Gasteiger partial charge in [-0.25, -0.2) is 9.79 Å². The molecule has 35 heavy (non-hydrogen) atoms. The van der Waals surface area contributed by atoms with E-state index in [0.29, 0.717) is 49.3 Å². The molecular formula is C26H25ClN2O5S. The second-order valence-corrected chi connectivity index (χ2v) is 9.05. The third kappa shape index (κ3) is 4.63. The van der Waals surface area contributed by atoms with Gasteiger partial charge in [0.05, 0.1) is 36.1 Å². The number of carbonyl (C=O) groups is 1. The van der Waals surface area contributed by atoms with E-state index in [1.54, 1.807) is 45.2 Å². The number of nitrogens with zero attached hydrogens (tertiary/aromatic N) is 2. The molecule has 9 heteroatoms. The fourth-order valence-electron chi connectivity index (χ4n) is 4.03. The zero-order valence-corrected chi connectivity index (χ0v) is 21.4. The molecule has 2 aromatic carbocycles. The Balaban J connectivity index is 2.04. The largest absolute Gasteiger partial charge is 0.493 e. The number of aromatic nitrogens is 1. The number of esters is 1. The molecule has 1 atom stereocenters. The van der Waals surface area contributed by atoms with Gasteiger partial charge in [0.1, 0.15) is 6.04 Å². The van der Waals surface area contributed by atoms with E-state index in [1.165, 1.54) is 15.9 Å². The van der Waals surface area contributed by atoms with E-state index in [4.69, 9.17) is 25.8 Å². The molecule has 2 heterocycles. The van der Waals surface area contributed by atoms with Gasteiger partial charge in [-0.15, -0.1) is 0 Å². The Labute approximate surface area is 211 Å². The molecule has 0 N–H and O–H groups in total. The monoisotopic (exact) mass is 512 g/mol. The van der Waals surface area contributed by atoms with Gasteiger partial charge in [0, 0.05) is 10.6 Å². The van der Waals surface area contributed by atoms with Crippen LogP contribution >= 0.6 is 22.9 Å². The number of methoxy groups -OCH3 is 1. The first-order valence-electron chi connectivity index (χ1n) is 11.1. The molecule has 1 aliphatic rings. The first-order chi connectivity index (χ1) is 16.9. The highest BCUT2D eigenvalue weighted by Gasteiger charge is 2.35. The van der Waals surface area contributed by atoms with Crippen molar-refractivity contribution in [3.8, 4) is 11.5 Å². The van der Waals surface area contributed by atoms with Crippen LogP contribution < -0.4 is 24.4 Å². The van der Waals surface area contributed by atoms with E-state index in [1.807, 2.05) is 31.2 Å². The number of para-hydroxylation sites is 1. The lowest BCUT2D eigenvalue weighted by molar-refractivity contribution is -0.139. The van der Waals surface area contributed by atoms with Crippen molar-refractivity contribution >= 4 is 35.0 Å². The minimum atomic E-state index is -0.810. The summed E-state index contributed by atoms with van der Waals surface area (Å²) in [5.41, 5.74) is 1.78. The minimum Gasteiger partial charge on any atom is -0.493 e. The van der Waals surface area contributed by atoms with Gasteiger partial charge in [-0.2, -0.15) is 0 Å². The predicted octanol–water partition coefficient (Wildman–Crippen LogP) is 3.86. The van der Waals surface area contributed by atoms with Crippen molar-refractivity contribution in [2.45, 2.75) is 26.8 Å². The van der Waals surface area contributed by atoms with E-state index in [0.717, 1.165) is 0 Å². The van der Waals surface area contributed by atoms with Gasteiger partial charge in [-0.1, -0.05) is 53.3 Å². The van der Waals surface area contributed by atoms with Gasteiger partial charge in [0.2, 0.25) is 0 Å². The van der Waals surface area contributed by atoms with Crippen LogP contribution in [0.2, 0.25) is 5.02 Å². The van der Waals surface area contributed by atoms with Crippen LogP contribution in [-0.4, -0.2) is 30.9 Å². The van der Waals surface area contributed by atoms with Crippen LogP contribution in [0.1, 0.15) is 37.9 Å². The minimum absolute atomic E-state index is 0.190. The van der Waals surface area contributed by atoms with Crippen molar-refractivity contribution in [3.05, 3.63) is 89.6 Å². The molecule has 0 amide bonds. The number of hydrogen-bond acceptors (Lipinski definition) is 7. The third-order valence-corrected chi connectivity index (χ3v) is 6.85. The maximum atomic E-state index is 13.8. The van der Waals surface area contributed by atoms with Gasteiger partial charge >= 0.3 is 5.97 Å². The molecule has 7 nitrogen and oxygen atoms in total. The van der Waals surface area contributed by atoms with Crippen LogP contribution in [0.3, 0.4) is 0 Å². The van der Waals surface area contributed by atoms with Crippen molar-refractivity contribution < 1.29 is 19.0 Å². The number of ether oxygens (including phenoxy) is 3. The highest BCUT2D eigenvalue weighted by atomic mass is 35.5. The quantitative estimate of drug-likeness (QED) is 0.449.